The normalized spacial score (nSPS) is 12.3. The number of hydroxylamine groups is 2. The average Bonchev–Trinajstić information content (AvgIpc) is 3.22. The number of hydrogen-bond acceptors (Lipinski definition) is 6. The smallest absolute Gasteiger partial charge is 0.233 e. The van der Waals surface area contributed by atoms with Crippen molar-refractivity contribution in [2.75, 3.05) is 11.1 Å². The van der Waals surface area contributed by atoms with Crippen LogP contribution in [0.5, 0.6) is 0 Å². The van der Waals surface area contributed by atoms with Crippen molar-refractivity contribution in [1.82, 2.24) is 5.06 Å². The van der Waals surface area contributed by atoms with Gasteiger partial charge in [0.15, 0.2) is 9.84 Å². The van der Waals surface area contributed by atoms with Crippen LogP contribution in [0.4, 0.5) is 10.1 Å². The SMILES string of the molecule is O=CN(O)[C@H](CS(=O)(=O)Cc1ccc2scc(F)c2c1)c1cccc(NC(=O)Cc2ccccc2)c1. The Kier molecular flexibility index (Phi) is 7.78. The van der Waals surface area contributed by atoms with Gasteiger partial charge in [-0.2, -0.15) is 0 Å². The molecule has 0 spiro atoms. The maximum atomic E-state index is 13.9. The van der Waals surface area contributed by atoms with Crippen LogP contribution < -0.4 is 5.32 Å². The Hall–Kier alpha value is -3.60. The van der Waals surface area contributed by atoms with E-state index in [9.17, 15) is 27.6 Å². The van der Waals surface area contributed by atoms with Gasteiger partial charge in [0.05, 0.1) is 24.0 Å². The minimum Gasteiger partial charge on any atom is -0.326 e. The van der Waals surface area contributed by atoms with Gasteiger partial charge in [0.25, 0.3) is 0 Å². The van der Waals surface area contributed by atoms with Gasteiger partial charge >= 0.3 is 0 Å². The minimum absolute atomic E-state index is 0.133. The molecule has 1 aromatic heterocycles. The molecule has 0 radical (unpaired) electrons. The number of rotatable bonds is 10. The van der Waals surface area contributed by atoms with E-state index in [0.717, 1.165) is 5.56 Å². The lowest BCUT2D eigenvalue weighted by molar-refractivity contribution is -0.158. The quantitative estimate of drug-likeness (QED) is 0.177. The number of nitrogens with one attached hydrogen (secondary N) is 1. The first-order valence-corrected chi connectivity index (χ1v) is 13.7. The third-order valence-electron chi connectivity index (χ3n) is 5.58. The molecule has 4 aromatic rings. The molecular formula is C26H23FN2O5S2. The largest absolute Gasteiger partial charge is 0.326 e. The Balaban J connectivity index is 1.51. The van der Waals surface area contributed by atoms with E-state index in [4.69, 9.17) is 0 Å². The summed E-state index contributed by atoms with van der Waals surface area (Å²) in [7, 11) is -3.85. The molecule has 0 aliphatic carbocycles. The van der Waals surface area contributed by atoms with Crippen LogP contribution in [0.15, 0.2) is 78.2 Å². The molecule has 0 aliphatic rings. The second-order valence-corrected chi connectivity index (χ2v) is 11.3. The summed E-state index contributed by atoms with van der Waals surface area (Å²) in [6.07, 6.45) is 0.284. The highest BCUT2D eigenvalue weighted by atomic mass is 32.2. The number of hydrogen-bond donors (Lipinski definition) is 2. The molecule has 7 nitrogen and oxygen atoms in total. The van der Waals surface area contributed by atoms with Crippen LogP contribution in [0, 0.1) is 5.82 Å². The molecule has 36 heavy (non-hydrogen) atoms. The molecule has 0 saturated carbocycles. The first-order chi connectivity index (χ1) is 17.2. The molecule has 10 heteroatoms. The average molecular weight is 527 g/mol. The Labute approximate surface area is 211 Å². The van der Waals surface area contributed by atoms with Crippen molar-refractivity contribution in [1.29, 1.82) is 0 Å². The summed E-state index contributed by atoms with van der Waals surface area (Å²) in [5.41, 5.74) is 1.95. The number of benzene rings is 3. The van der Waals surface area contributed by atoms with E-state index < -0.39 is 33.2 Å². The molecule has 0 saturated heterocycles. The van der Waals surface area contributed by atoms with Crippen LogP contribution >= 0.6 is 11.3 Å². The van der Waals surface area contributed by atoms with Gasteiger partial charge in [0.1, 0.15) is 5.82 Å². The molecule has 0 unspecified atom stereocenters. The van der Waals surface area contributed by atoms with E-state index in [1.54, 1.807) is 30.3 Å². The summed E-state index contributed by atoms with van der Waals surface area (Å²) in [4.78, 5) is 23.8. The van der Waals surface area contributed by atoms with Crippen molar-refractivity contribution < 1.29 is 27.6 Å². The monoisotopic (exact) mass is 526 g/mol. The van der Waals surface area contributed by atoms with Crippen molar-refractivity contribution in [2.24, 2.45) is 0 Å². The first kappa shape index (κ1) is 25.5. The lowest BCUT2D eigenvalue weighted by Crippen LogP contribution is -2.30. The van der Waals surface area contributed by atoms with Gasteiger partial charge < -0.3 is 5.32 Å². The summed E-state index contributed by atoms with van der Waals surface area (Å²) in [6, 6.07) is 19.0. The topological polar surface area (TPSA) is 104 Å². The predicted molar refractivity (Wildman–Crippen MR) is 137 cm³/mol. The zero-order chi connectivity index (χ0) is 25.7. The first-order valence-electron chi connectivity index (χ1n) is 11.0. The number of amides is 2. The van der Waals surface area contributed by atoms with Crippen LogP contribution in [0.2, 0.25) is 0 Å². The fraction of sp³-hybridized carbons (Fsp3) is 0.154. The summed E-state index contributed by atoms with van der Waals surface area (Å²) in [6.45, 7) is 0. The summed E-state index contributed by atoms with van der Waals surface area (Å²) >= 11 is 1.23. The van der Waals surface area contributed by atoms with Crippen molar-refractivity contribution >= 4 is 49.3 Å². The van der Waals surface area contributed by atoms with Crippen LogP contribution in [0.1, 0.15) is 22.7 Å². The van der Waals surface area contributed by atoms with Crippen molar-refractivity contribution in [3.8, 4) is 0 Å². The standard InChI is InChI=1S/C26H23FN2O5S2/c27-23-14-35-25-10-9-19(11-22(23)25)15-36(33,34)16-24(29(32)17-30)20-7-4-8-21(13-20)28-26(31)12-18-5-2-1-3-6-18/h1-11,13-14,17,24,32H,12,15-16H2,(H,28,31)/t24-/m1/s1. The minimum atomic E-state index is -3.85. The van der Waals surface area contributed by atoms with Crippen molar-refractivity contribution in [3.63, 3.8) is 0 Å². The highest BCUT2D eigenvalue weighted by Gasteiger charge is 2.26. The fourth-order valence-corrected chi connectivity index (χ4v) is 6.32. The van der Waals surface area contributed by atoms with Crippen LogP contribution in [0.25, 0.3) is 10.1 Å². The lowest BCUT2D eigenvalue weighted by atomic mass is 10.1. The second-order valence-electron chi connectivity index (χ2n) is 8.31. The van der Waals surface area contributed by atoms with Crippen molar-refractivity contribution in [2.45, 2.75) is 18.2 Å². The number of carbonyl (C=O) groups excluding carboxylic acids is 2. The molecule has 0 bridgehead atoms. The second kappa shape index (κ2) is 11.0. The highest BCUT2D eigenvalue weighted by molar-refractivity contribution is 7.90. The van der Waals surface area contributed by atoms with Crippen LogP contribution in [-0.4, -0.2) is 36.8 Å². The molecule has 2 N–H and O–H groups in total. The maximum Gasteiger partial charge on any atom is 0.233 e. The Morgan fingerprint density at radius 2 is 1.83 bits per heavy atom. The van der Waals surface area contributed by atoms with E-state index >= 15 is 0 Å². The summed E-state index contributed by atoms with van der Waals surface area (Å²) < 4.78 is 40.7. The molecule has 1 heterocycles. The molecule has 2 amide bonds. The van der Waals surface area contributed by atoms with E-state index in [1.165, 1.54) is 28.8 Å². The zero-order valence-corrected chi connectivity index (χ0v) is 20.6. The zero-order valence-electron chi connectivity index (χ0n) is 19.0. The van der Waals surface area contributed by atoms with Crippen LogP contribution in [0.3, 0.4) is 0 Å². The predicted octanol–water partition coefficient (Wildman–Crippen LogP) is 4.73. The van der Waals surface area contributed by atoms with Gasteiger partial charge in [0, 0.05) is 21.2 Å². The number of fused-ring (bicyclic) bond motifs is 1. The molecule has 3 aromatic carbocycles. The third kappa shape index (κ3) is 6.34. The van der Waals surface area contributed by atoms with E-state index in [-0.39, 0.29) is 18.7 Å². The van der Waals surface area contributed by atoms with Gasteiger partial charge in [-0.25, -0.2) is 17.9 Å². The maximum absolute atomic E-state index is 13.9. The fourth-order valence-electron chi connectivity index (χ4n) is 3.90. The van der Waals surface area contributed by atoms with Crippen LogP contribution in [-0.2, 0) is 31.6 Å². The molecule has 1 atom stereocenters. The van der Waals surface area contributed by atoms with Gasteiger partial charge in [-0.3, -0.25) is 14.8 Å². The van der Waals surface area contributed by atoms with E-state index in [1.807, 2.05) is 30.3 Å². The molecule has 186 valence electrons. The molecule has 0 fully saturated rings. The molecule has 0 aliphatic heterocycles. The van der Waals surface area contributed by atoms with Crippen molar-refractivity contribution in [3.05, 3.63) is 101 Å². The Bertz CT molecular complexity index is 1490. The molecular weight excluding hydrogens is 503 g/mol. The number of halogens is 1. The van der Waals surface area contributed by atoms with E-state index in [2.05, 4.69) is 5.32 Å². The van der Waals surface area contributed by atoms with Gasteiger partial charge in [-0.05, 0) is 41.0 Å². The Morgan fingerprint density at radius 1 is 1.06 bits per heavy atom. The number of sulfone groups is 1. The van der Waals surface area contributed by atoms with Gasteiger partial charge in [0.2, 0.25) is 12.3 Å². The third-order valence-corrected chi connectivity index (χ3v) is 8.11. The van der Waals surface area contributed by atoms with Gasteiger partial charge in [-0.15, -0.1) is 11.3 Å². The number of carbonyl (C=O) groups is 2. The van der Waals surface area contributed by atoms with Gasteiger partial charge in [-0.1, -0.05) is 48.5 Å². The number of anilines is 1. The lowest BCUT2D eigenvalue weighted by Gasteiger charge is -2.23. The summed E-state index contributed by atoms with van der Waals surface area (Å²) in [5, 5.41) is 14.9. The highest BCUT2D eigenvalue weighted by Crippen LogP contribution is 2.28. The summed E-state index contributed by atoms with van der Waals surface area (Å²) in [5.74, 6) is -1.65. The number of thiophene rings is 1. The Morgan fingerprint density at radius 3 is 2.58 bits per heavy atom. The van der Waals surface area contributed by atoms with E-state index in [0.29, 0.717) is 32.0 Å². The molecule has 4 rings (SSSR count). The number of nitrogens with zero attached hydrogens (tertiary/aromatic N) is 1.